The number of methoxy groups -OCH3 is 1. The lowest BCUT2D eigenvalue weighted by atomic mass is 10.2. The van der Waals surface area contributed by atoms with Crippen molar-refractivity contribution < 1.29 is 9.13 Å². The molecule has 0 aliphatic carbocycles. The molecule has 0 fully saturated rings. The molecule has 2 rings (SSSR count). The summed E-state index contributed by atoms with van der Waals surface area (Å²) in [6, 6.07) is 14.4. The second kappa shape index (κ2) is 4.66. The summed E-state index contributed by atoms with van der Waals surface area (Å²) in [5.41, 5.74) is 1.62. The molecule has 0 saturated heterocycles. The molecule has 3 heteroatoms. The van der Waals surface area contributed by atoms with Gasteiger partial charge in [-0.3, -0.25) is 0 Å². The zero-order valence-electron chi connectivity index (χ0n) is 8.91. The second-order valence-corrected chi connectivity index (χ2v) is 3.34. The van der Waals surface area contributed by atoms with Crippen molar-refractivity contribution in [2.75, 3.05) is 12.4 Å². The van der Waals surface area contributed by atoms with Gasteiger partial charge >= 0.3 is 0 Å². The average Bonchev–Trinajstić information content (AvgIpc) is 2.31. The summed E-state index contributed by atoms with van der Waals surface area (Å²) in [4.78, 5) is 0. The minimum atomic E-state index is -0.372. The molecule has 0 radical (unpaired) electrons. The number of benzene rings is 2. The lowest BCUT2D eigenvalue weighted by Crippen LogP contribution is -1.93. The van der Waals surface area contributed by atoms with Gasteiger partial charge in [0.1, 0.15) is 0 Å². The summed E-state index contributed by atoms with van der Waals surface area (Å²) >= 11 is 0. The average molecular weight is 217 g/mol. The topological polar surface area (TPSA) is 21.3 Å². The Bertz CT molecular complexity index is 471. The molecule has 2 nitrogen and oxygen atoms in total. The fourth-order valence-corrected chi connectivity index (χ4v) is 1.43. The van der Waals surface area contributed by atoms with Crippen molar-refractivity contribution in [1.29, 1.82) is 0 Å². The summed E-state index contributed by atoms with van der Waals surface area (Å²) in [5.74, 6) is -0.123. The monoisotopic (exact) mass is 217 g/mol. The van der Waals surface area contributed by atoms with Crippen LogP contribution in [-0.2, 0) is 0 Å². The van der Waals surface area contributed by atoms with Crippen molar-refractivity contribution in [3.8, 4) is 5.75 Å². The Kier molecular flexibility index (Phi) is 3.05. The smallest absolute Gasteiger partial charge is 0.167 e. The van der Waals surface area contributed by atoms with Gasteiger partial charge in [-0.05, 0) is 24.3 Å². The molecule has 0 aliphatic rings. The van der Waals surface area contributed by atoms with Gasteiger partial charge in [0, 0.05) is 17.4 Å². The van der Waals surface area contributed by atoms with E-state index < -0.39 is 0 Å². The Labute approximate surface area is 93.7 Å². The van der Waals surface area contributed by atoms with Crippen molar-refractivity contribution in [3.05, 3.63) is 54.3 Å². The van der Waals surface area contributed by atoms with Gasteiger partial charge in [0.25, 0.3) is 0 Å². The van der Waals surface area contributed by atoms with Gasteiger partial charge in [-0.25, -0.2) is 4.39 Å². The molecule has 0 aromatic heterocycles. The van der Waals surface area contributed by atoms with Crippen LogP contribution in [0.15, 0.2) is 48.5 Å². The Balaban J connectivity index is 2.20. The first-order valence-electron chi connectivity index (χ1n) is 4.95. The Morgan fingerprint density at radius 1 is 1.00 bits per heavy atom. The highest BCUT2D eigenvalue weighted by Gasteiger charge is 2.02. The van der Waals surface area contributed by atoms with Gasteiger partial charge in [0.05, 0.1) is 7.11 Å². The van der Waals surface area contributed by atoms with Crippen LogP contribution in [0.25, 0.3) is 0 Å². The van der Waals surface area contributed by atoms with Crippen LogP contribution in [0.4, 0.5) is 15.8 Å². The van der Waals surface area contributed by atoms with Gasteiger partial charge < -0.3 is 10.1 Å². The first kappa shape index (κ1) is 10.5. The molecule has 0 atom stereocenters. The standard InChI is InChI=1S/C13H12FNO/c1-16-13-8-7-11(9-12(13)14)15-10-5-3-2-4-6-10/h2-9,15H,1H3. The maximum absolute atomic E-state index is 13.4. The minimum Gasteiger partial charge on any atom is -0.494 e. The summed E-state index contributed by atoms with van der Waals surface area (Å²) in [6.07, 6.45) is 0. The SMILES string of the molecule is COc1ccc(Nc2ccccc2)cc1F. The maximum atomic E-state index is 13.4. The number of hydrogen-bond donors (Lipinski definition) is 1. The highest BCUT2D eigenvalue weighted by Crippen LogP contribution is 2.23. The molecule has 2 aromatic rings. The number of hydrogen-bond acceptors (Lipinski definition) is 2. The lowest BCUT2D eigenvalue weighted by molar-refractivity contribution is 0.386. The number of halogens is 1. The van der Waals surface area contributed by atoms with Crippen molar-refractivity contribution in [2.24, 2.45) is 0 Å². The van der Waals surface area contributed by atoms with E-state index in [0.29, 0.717) is 5.69 Å². The van der Waals surface area contributed by atoms with E-state index in [1.54, 1.807) is 12.1 Å². The third-order valence-electron chi connectivity index (χ3n) is 2.21. The molecule has 0 aliphatic heterocycles. The van der Waals surface area contributed by atoms with Crippen molar-refractivity contribution in [1.82, 2.24) is 0 Å². The highest BCUT2D eigenvalue weighted by atomic mass is 19.1. The van der Waals surface area contributed by atoms with E-state index in [2.05, 4.69) is 5.32 Å². The number of nitrogens with one attached hydrogen (secondary N) is 1. The van der Waals surface area contributed by atoms with Crippen LogP contribution in [0.5, 0.6) is 5.75 Å². The molecular weight excluding hydrogens is 205 g/mol. The third kappa shape index (κ3) is 2.31. The highest BCUT2D eigenvalue weighted by molar-refractivity contribution is 5.60. The van der Waals surface area contributed by atoms with Gasteiger partial charge in [0.15, 0.2) is 11.6 Å². The molecule has 0 bridgehead atoms. The Hall–Kier alpha value is -2.03. The van der Waals surface area contributed by atoms with E-state index in [1.807, 2.05) is 30.3 Å². The van der Waals surface area contributed by atoms with E-state index >= 15 is 0 Å². The molecule has 0 unspecified atom stereocenters. The van der Waals surface area contributed by atoms with E-state index in [9.17, 15) is 4.39 Å². The summed E-state index contributed by atoms with van der Waals surface area (Å²) in [5, 5.41) is 3.10. The van der Waals surface area contributed by atoms with Crippen molar-refractivity contribution in [3.63, 3.8) is 0 Å². The molecule has 0 amide bonds. The van der Waals surface area contributed by atoms with E-state index in [1.165, 1.54) is 13.2 Å². The zero-order chi connectivity index (χ0) is 11.4. The lowest BCUT2D eigenvalue weighted by Gasteiger charge is -2.07. The van der Waals surface area contributed by atoms with Crippen molar-refractivity contribution in [2.45, 2.75) is 0 Å². The van der Waals surface area contributed by atoms with Crippen LogP contribution in [0.3, 0.4) is 0 Å². The number of anilines is 2. The van der Waals surface area contributed by atoms with Crippen LogP contribution >= 0.6 is 0 Å². The van der Waals surface area contributed by atoms with E-state index in [0.717, 1.165) is 5.69 Å². The molecule has 0 spiro atoms. The first-order valence-corrected chi connectivity index (χ1v) is 4.95. The summed E-state index contributed by atoms with van der Waals surface area (Å²) in [6.45, 7) is 0. The van der Waals surface area contributed by atoms with Crippen LogP contribution in [0.2, 0.25) is 0 Å². The molecule has 2 aromatic carbocycles. The minimum absolute atomic E-state index is 0.249. The predicted molar refractivity (Wildman–Crippen MR) is 62.7 cm³/mol. The normalized spacial score (nSPS) is 9.88. The number of para-hydroxylation sites is 1. The fraction of sp³-hybridized carbons (Fsp3) is 0.0769. The van der Waals surface area contributed by atoms with Crippen LogP contribution in [-0.4, -0.2) is 7.11 Å². The van der Waals surface area contributed by atoms with Gasteiger partial charge in [-0.15, -0.1) is 0 Å². The zero-order valence-corrected chi connectivity index (χ0v) is 8.91. The largest absolute Gasteiger partial charge is 0.494 e. The van der Waals surface area contributed by atoms with Gasteiger partial charge in [-0.2, -0.15) is 0 Å². The molecule has 0 heterocycles. The third-order valence-corrected chi connectivity index (χ3v) is 2.21. The Morgan fingerprint density at radius 3 is 2.38 bits per heavy atom. The van der Waals surface area contributed by atoms with Gasteiger partial charge in [-0.1, -0.05) is 18.2 Å². The van der Waals surface area contributed by atoms with E-state index in [-0.39, 0.29) is 11.6 Å². The molecular formula is C13H12FNO. The number of rotatable bonds is 3. The summed E-state index contributed by atoms with van der Waals surface area (Å²) < 4.78 is 18.2. The van der Waals surface area contributed by atoms with Crippen LogP contribution < -0.4 is 10.1 Å². The fourth-order valence-electron chi connectivity index (χ4n) is 1.43. The maximum Gasteiger partial charge on any atom is 0.167 e. The predicted octanol–water partition coefficient (Wildman–Crippen LogP) is 3.58. The molecule has 82 valence electrons. The quantitative estimate of drug-likeness (QED) is 0.848. The van der Waals surface area contributed by atoms with Crippen LogP contribution in [0.1, 0.15) is 0 Å². The molecule has 0 saturated carbocycles. The molecule has 16 heavy (non-hydrogen) atoms. The summed E-state index contributed by atoms with van der Waals surface area (Å²) in [7, 11) is 1.45. The number of ether oxygens (including phenoxy) is 1. The molecule has 1 N–H and O–H groups in total. The Morgan fingerprint density at radius 2 is 1.75 bits per heavy atom. The van der Waals surface area contributed by atoms with Crippen molar-refractivity contribution >= 4 is 11.4 Å². The van der Waals surface area contributed by atoms with Crippen LogP contribution in [0, 0.1) is 5.82 Å². The first-order chi connectivity index (χ1) is 7.79. The van der Waals surface area contributed by atoms with E-state index in [4.69, 9.17) is 4.74 Å². The van der Waals surface area contributed by atoms with Gasteiger partial charge in [0.2, 0.25) is 0 Å². The second-order valence-electron chi connectivity index (χ2n) is 3.34.